The van der Waals surface area contributed by atoms with Crippen LogP contribution in [0, 0.1) is 5.92 Å². The number of rotatable bonds is 2. The van der Waals surface area contributed by atoms with E-state index in [2.05, 4.69) is 17.1 Å². The molecule has 0 aromatic carbocycles. The Morgan fingerprint density at radius 3 is 2.53 bits per heavy atom. The number of nitrogens with two attached hydrogens (primary N) is 1. The van der Waals surface area contributed by atoms with E-state index in [-0.39, 0.29) is 5.54 Å². The molecule has 17 heavy (non-hydrogen) atoms. The Morgan fingerprint density at radius 2 is 1.94 bits per heavy atom. The number of hydrogen-bond donors (Lipinski definition) is 1. The molecule has 0 amide bonds. The zero-order chi connectivity index (χ0) is 11.9. The first kappa shape index (κ1) is 11.2. The van der Waals surface area contributed by atoms with Gasteiger partial charge >= 0.3 is 0 Å². The average molecular weight is 235 g/mol. The van der Waals surface area contributed by atoms with Gasteiger partial charge in [0, 0.05) is 5.92 Å². The smallest absolute Gasteiger partial charge is 0.246 e. The zero-order valence-corrected chi connectivity index (χ0v) is 10.5. The van der Waals surface area contributed by atoms with Gasteiger partial charge in [-0.1, -0.05) is 18.5 Å². The van der Waals surface area contributed by atoms with Gasteiger partial charge in [-0.15, -0.1) is 0 Å². The first-order chi connectivity index (χ1) is 8.17. The highest BCUT2D eigenvalue weighted by Crippen LogP contribution is 2.39. The molecule has 4 heteroatoms. The van der Waals surface area contributed by atoms with Gasteiger partial charge in [0.05, 0.1) is 5.54 Å². The summed E-state index contributed by atoms with van der Waals surface area (Å²) in [5.41, 5.74) is 6.06. The fourth-order valence-corrected chi connectivity index (χ4v) is 2.76. The molecule has 4 nitrogen and oxygen atoms in total. The van der Waals surface area contributed by atoms with Crippen LogP contribution in [0.1, 0.15) is 69.5 Å². The van der Waals surface area contributed by atoms with E-state index < -0.39 is 0 Å². The van der Waals surface area contributed by atoms with E-state index in [1.807, 2.05) is 0 Å². The summed E-state index contributed by atoms with van der Waals surface area (Å²) in [6, 6.07) is 0. The second-order valence-corrected chi connectivity index (χ2v) is 5.92. The third-order valence-electron chi connectivity index (χ3n) is 4.50. The molecule has 1 aromatic rings. The lowest BCUT2D eigenvalue weighted by molar-refractivity contribution is 0.190. The highest BCUT2D eigenvalue weighted by molar-refractivity contribution is 5.07. The van der Waals surface area contributed by atoms with Crippen molar-refractivity contribution in [2.45, 2.75) is 63.3 Å². The van der Waals surface area contributed by atoms with Crippen LogP contribution in [0.5, 0.6) is 0 Å². The lowest BCUT2D eigenvalue weighted by Gasteiger charge is -2.32. The van der Waals surface area contributed by atoms with Crippen LogP contribution in [0.25, 0.3) is 0 Å². The van der Waals surface area contributed by atoms with Crippen LogP contribution < -0.4 is 5.73 Å². The van der Waals surface area contributed by atoms with E-state index in [1.165, 1.54) is 19.3 Å². The van der Waals surface area contributed by atoms with E-state index >= 15 is 0 Å². The average Bonchev–Trinajstić information content (AvgIpc) is 2.70. The molecule has 2 saturated carbocycles. The van der Waals surface area contributed by atoms with Crippen molar-refractivity contribution in [2.75, 3.05) is 0 Å². The van der Waals surface area contributed by atoms with Crippen LogP contribution in [0.4, 0.5) is 0 Å². The lowest BCUT2D eigenvalue weighted by Crippen LogP contribution is -2.40. The Kier molecular flexibility index (Phi) is 2.69. The third-order valence-corrected chi connectivity index (χ3v) is 4.50. The SMILES string of the molecule is CC1CCC(N)(c2nc(C3CCC3)no2)CC1. The van der Waals surface area contributed by atoms with Crippen molar-refractivity contribution in [3.8, 4) is 0 Å². The maximum absolute atomic E-state index is 6.42. The summed E-state index contributed by atoms with van der Waals surface area (Å²) in [6.07, 6.45) is 7.97. The maximum Gasteiger partial charge on any atom is 0.246 e. The second kappa shape index (κ2) is 4.09. The number of nitrogens with zero attached hydrogens (tertiary/aromatic N) is 2. The minimum Gasteiger partial charge on any atom is -0.337 e. The first-order valence-corrected chi connectivity index (χ1v) is 6.80. The summed E-state index contributed by atoms with van der Waals surface area (Å²) in [5.74, 6) is 2.86. The van der Waals surface area contributed by atoms with Crippen molar-refractivity contribution in [3.05, 3.63) is 11.7 Å². The van der Waals surface area contributed by atoms with Crippen molar-refractivity contribution >= 4 is 0 Å². The fraction of sp³-hybridized carbons (Fsp3) is 0.846. The third kappa shape index (κ3) is 1.99. The van der Waals surface area contributed by atoms with Crippen LogP contribution >= 0.6 is 0 Å². The Bertz CT molecular complexity index is 389. The van der Waals surface area contributed by atoms with Gasteiger partial charge in [-0.05, 0) is 44.4 Å². The van der Waals surface area contributed by atoms with Gasteiger partial charge in [0.2, 0.25) is 5.89 Å². The van der Waals surface area contributed by atoms with Crippen molar-refractivity contribution in [1.82, 2.24) is 10.1 Å². The molecule has 2 N–H and O–H groups in total. The molecule has 94 valence electrons. The fourth-order valence-electron chi connectivity index (χ4n) is 2.76. The molecule has 2 aliphatic carbocycles. The molecule has 0 unspecified atom stereocenters. The van der Waals surface area contributed by atoms with E-state index in [9.17, 15) is 0 Å². The molecule has 1 heterocycles. The van der Waals surface area contributed by atoms with Crippen molar-refractivity contribution in [2.24, 2.45) is 11.7 Å². The summed E-state index contributed by atoms with van der Waals surface area (Å²) in [4.78, 5) is 4.55. The molecule has 0 atom stereocenters. The number of hydrogen-bond acceptors (Lipinski definition) is 4. The van der Waals surface area contributed by atoms with Gasteiger partial charge in [0.1, 0.15) is 0 Å². The minimum atomic E-state index is -0.360. The Hall–Kier alpha value is -0.900. The number of aromatic nitrogens is 2. The molecule has 0 aliphatic heterocycles. The summed E-state index contributed by atoms with van der Waals surface area (Å²) >= 11 is 0. The maximum atomic E-state index is 6.42. The Morgan fingerprint density at radius 1 is 1.24 bits per heavy atom. The molecule has 1 aromatic heterocycles. The van der Waals surface area contributed by atoms with E-state index in [4.69, 9.17) is 10.3 Å². The largest absolute Gasteiger partial charge is 0.337 e. The van der Waals surface area contributed by atoms with Crippen LogP contribution in [-0.4, -0.2) is 10.1 Å². The van der Waals surface area contributed by atoms with Crippen LogP contribution in [0.15, 0.2) is 4.52 Å². The topological polar surface area (TPSA) is 64.9 Å². The molecule has 0 bridgehead atoms. The van der Waals surface area contributed by atoms with Gasteiger partial charge in [-0.2, -0.15) is 4.98 Å². The van der Waals surface area contributed by atoms with Crippen LogP contribution in [0.3, 0.4) is 0 Å². The quantitative estimate of drug-likeness (QED) is 0.856. The van der Waals surface area contributed by atoms with Gasteiger partial charge in [-0.3, -0.25) is 0 Å². The molecule has 0 saturated heterocycles. The van der Waals surface area contributed by atoms with Crippen molar-refractivity contribution < 1.29 is 4.52 Å². The van der Waals surface area contributed by atoms with E-state index in [0.29, 0.717) is 11.8 Å². The van der Waals surface area contributed by atoms with Crippen LogP contribution in [0.2, 0.25) is 0 Å². The highest BCUT2D eigenvalue weighted by Gasteiger charge is 2.38. The van der Waals surface area contributed by atoms with Gasteiger partial charge in [-0.25, -0.2) is 0 Å². The normalized spacial score (nSPS) is 34.6. The standard InChI is InChI=1S/C13H21N3O/c1-9-5-7-13(14,8-6-9)12-15-11(16-17-12)10-3-2-4-10/h9-10H,2-8,14H2,1H3. The Balaban J connectivity index is 1.76. The molecule has 3 rings (SSSR count). The molecular formula is C13H21N3O. The lowest BCUT2D eigenvalue weighted by atomic mass is 9.77. The zero-order valence-electron chi connectivity index (χ0n) is 10.5. The van der Waals surface area contributed by atoms with E-state index in [1.54, 1.807) is 0 Å². The predicted molar refractivity (Wildman–Crippen MR) is 64.4 cm³/mol. The molecule has 0 spiro atoms. The minimum absolute atomic E-state index is 0.360. The van der Waals surface area contributed by atoms with Gasteiger partial charge in [0.25, 0.3) is 0 Å². The summed E-state index contributed by atoms with van der Waals surface area (Å²) < 4.78 is 5.41. The van der Waals surface area contributed by atoms with E-state index in [0.717, 1.165) is 37.4 Å². The molecule has 2 aliphatic rings. The second-order valence-electron chi connectivity index (χ2n) is 5.92. The summed E-state index contributed by atoms with van der Waals surface area (Å²) in [6.45, 7) is 2.28. The first-order valence-electron chi connectivity index (χ1n) is 6.80. The summed E-state index contributed by atoms with van der Waals surface area (Å²) in [5, 5.41) is 4.11. The Labute approximate surface area is 102 Å². The molecule has 2 fully saturated rings. The van der Waals surface area contributed by atoms with Crippen molar-refractivity contribution in [1.29, 1.82) is 0 Å². The van der Waals surface area contributed by atoms with Gasteiger partial charge < -0.3 is 10.3 Å². The van der Waals surface area contributed by atoms with Gasteiger partial charge in [0.15, 0.2) is 5.82 Å². The highest BCUT2D eigenvalue weighted by atomic mass is 16.5. The summed E-state index contributed by atoms with van der Waals surface area (Å²) in [7, 11) is 0. The molecule has 0 radical (unpaired) electrons. The van der Waals surface area contributed by atoms with Crippen molar-refractivity contribution in [3.63, 3.8) is 0 Å². The monoisotopic (exact) mass is 235 g/mol. The molecular weight excluding hydrogens is 214 g/mol. The predicted octanol–water partition coefficient (Wildman–Crippen LogP) is 2.70. The van der Waals surface area contributed by atoms with Crippen LogP contribution in [-0.2, 0) is 5.54 Å².